The molecule has 0 bridgehead atoms. The van der Waals surface area contributed by atoms with Gasteiger partial charge >= 0.3 is 6.36 Å². The molecule has 0 saturated carbocycles. The Bertz CT molecular complexity index is 891. The first kappa shape index (κ1) is 22.3. The molecule has 2 unspecified atom stereocenters. The van der Waals surface area contributed by atoms with Gasteiger partial charge in [0.25, 0.3) is 0 Å². The van der Waals surface area contributed by atoms with Crippen molar-refractivity contribution in [3.05, 3.63) is 47.0 Å². The van der Waals surface area contributed by atoms with Gasteiger partial charge in [0.2, 0.25) is 5.91 Å². The van der Waals surface area contributed by atoms with Crippen LogP contribution < -0.4 is 10.1 Å². The van der Waals surface area contributed by atoms with Crippen LogP contribution in [0.2, 0.25) is 0 Å². The number of hydrogen-bond acceptors (Lipinski definition) is 6. The average molecular weight is 441 g/mol. The Morgan fingerprint density at radius 3 is 2.73 bits per heavy atom. The molecule has 1 aromatic carbocycles. The van der Waals surface area contributed by atoms with Crippen molar-refractivity contribution in [2.45, 2.75) is 39.0 Å². The average Bonchev–Trinajstić information content (AvgIpc) is 3.05. The highest BCUT2D eigenvalue weighted by Gasteiger charge is 2.31. The molecule has 1 amide bonds. The molecule has 2 heterocycles. The molecule has 1 aliphatic heterocycles. The summed E-state index contributed by atoms with van der Waals surface area (Å²) in [6, 6.07) is 5.59. The van der Waals surface area contributed by atoms with Gasteiger partial charge in [-0.05, 0) is 26.0 Å². The number of anilines is 1. The number of carbonyl (C=O) groups excluding carboxylic acids is 1. The van der Waals surface area contributed by atoms with E-state index in [1.54, 1.807) is 6.07 Å². The van der Waals surface area contributed by atoms with Crippen molar-refractivity contribution in [2.24, 2.45) is 0 Å². The van der Waals surface area contributed by atoms with Crippen molar-refractivity contribution in [1.29, 1.82) is 0 Å². The van der Waals surface area contributed by atoms with Gasteiger partial charge in [0.05, 0.1) is 17.9 Å². The molecule has 6 nitrogen and oxygen atoms in total. The molecule has 0 spiro atoms. The topological polar surface area (TPSA) is 63.7 Å². The van der Waals surface area contributed by atoms with Crippen molar-refractivity contribution in [2.75, 3.05) is 18.4 Å². The maximum Gasteiger partial charge on any atom is 0.573 e. The second-order valence-corrected chi connectivity index (χ2v) is 7.86. The van der Waals surface area contributed by atoms with E-state index in [-0.39, 0.29) is 23.5 Å². The van der Waals surface area contributed by atoms with E-state index in [9.17, 15) is 18.0 Å². The van der Waals surface area contributed by atoms with Gasteiger partial charge in [-0.2, -0.15) is 0 Å². The van der Waals surface area contributed by atoms with Crippen LogP contribution in [0.25, 0.3) is 6.08 Å². The van der Waals surface area contributed by atoms with E-state index >= 15 is 0 Å². The fourth-order valence-electron chi connectivity index (χ4n) is 3.23. The summed E-state index contributed by atoms with van der Waals surface area (Å²) in [5.41, 5.74) is 0.977. The first-order valence-electron chi connectivity index (χ1n) is 9.34. The number of morpholine rings is 1. The number of thiazole rings is 1. The molecule has 1 fully saturated rings. The quantitative estimate of drug-likeness (QED) is 0.677. The molecule has 1 aromatic heterocycles. The number of carbonyl (C=O) groups is 1. The molecule has 1 saturated heterocycles. The lowest BCUT2D eigenvalue weighted by atomic mass is 10.2. The lowest BCUT2D eigenvalue weighted by molar-refractivity contribution is -0.274. The number of nitrogens with one attached hydrogen (secondary N) is 1. The number of para-hydroxylation sites is 1. The highest BCUT2D eigenvalue weighted by atomic mass is 32.1. The highest BCUT2D eigenvalue weighted by molar-refractivity contribution is 7.13. The highest BCUT2D eigenvalue weighted by Crippen LogP contribution is 2.27. The fraction of sp³-hybridized carbons (Fsp3) is 0.400. The fourth-order valence-corrected chi connectivity index (χ4v) is 3.93. The number of benzene rings is 1. The standard InChI is InChI=1S/C20H22F3N3O3S/c1-13-9-26(10-14(2)28-13)11-16-12-30-19(24-16)25-18(27)8-7-15-5-3-4-6-17(15)29-20(21,22)23/h3-8,12-14H,9-11H2,1-2H3,(H,24,25,27)/b8-7+. The zero-order valence-electron chi connectivity index (χ0n) is 16.5. The number of aromatic nitrogens is 1. The van der Waals surface area contributed by atoms with Crippen molar-refractivity contribution < 1.29 is 27.4 Å². The summed E-state index contributed by atoms with van der Waals surface area (Å²) in [7, 11) is 0. The minimum Gasteiger partial charge on any atom is -0.405 e. The van der Waals surface area contributed by atoms with Crippen LogP contribution >= 0.6 is 11.3 Å². The number of hydrogen-bond donors (Lipinski definition) is 1. The summed E-state index contributed by atoms with van der Waals surface area (Å²) in [4.78, 5) is 18.8. The van der Waals surface area contributed by atoms with Gasteiger partial charge in [-0.1, -0.05) is 18.2 Å². The molecule has 0 aliphatic carbocycles. The molecule has 1 aliphatic rings. The number of amides is 1. The molecule has 162 valence electrons. The summed E-state index contributed by atoms with van der Waals surface area (Å²) >= 11 is 1.29. The lowest BCUT2D eigenvalue weighted by Crippen LogP contribution is -2.44. The third-order valence-corrected chi connectivity index (χ3v) is 5.03. The van der Waals surface area contributed by atoms with Gasteiger partial charge in [-0.3, -0.25) is 15.0 Å². The summed E-state index contributed by atoms with van der Waals surface area (Å²) in [6.45, 7) is 6.33. The Hall–Kier alpha value is -2.43. The van der Waals surface area contributed by atoms with Gasteiger partial charge in [-0.25, -0.2) is 4.98 Å². The molecule has 1 N–H and O–H groups in total. The van der Waals surface area contributed by atoms with Gasteiger partial charge in [-0.15, -0.1) is 24.5 Å². The Balaban J connectivity index is 1.57. The number of ether oxygens (including phenoxy) is 2. The van der Waals surface area contributed by atoms with E-state index in [1.165, 1.54) is 35.6 Å². The van der Waals surface area contributed by atoms with Gasteiger partial charge in [0.15, 0.2) is 5.13 Å². The van der Waals surface area contributed by atoms with Gasteiger partial charge in [0, 0.05) is 36.7 Å². The molecule has 3 rings (SSSR count). The monoisotopic (exact) mass is 441 g/mol. The second-order valence-electron chi connectivity index (χ2n) is 7.00. The zero-order valence-corrected chi connectivity index (χ0v) is 17.3. The number of nitrogens with zero attached hydrogens (tertiary/aromatic N) is 2. The predicted octanol–water partition coefficient (Wildman–Crippen LogP) is 4.30. The number of halogens is 3. The molecule has 10 heteroatoms. The van der Waals surface area contributed by atoms with E-state index in [0.29, 0.717) is 11.7 Å². The third-order valence-electron chi connectivity index (χ3n) is 4.22. The SMILES string of the molecule is CC1CN(Cc2csc(NC(=O)/C=C/c3ccccc3OC(F)(F)F)n2)CC(C)O1. The van der Waals surface area contributed by atoms with Crippen molar-refractivity contribution in [3.8, 4) is 5.75 Å². The minimum absolute atomic E-state index is 0.139. The number of rotatable bonds is 6. The molecular formula is C20H22F3N3O3S. The second kappa shape index (κ2) is 9.59. The molecule has 2 aromatic rings. The Kier molecular flexibility index (Phi) is 7.11. The Labute approximate surface area is 176 Å². The molecule has 2 atom stereocenters. The lowest BCUT2D eigenvalue weighted by Gasteiger charge is -2.34. The first-order chi connectivity index (χ1) is 14.2. The zero-order chi connectivity index (χ0) is 21.7. The molecule has 0 radical (unpaired) electrons. The predicted molar refractivity (Wildman–Crippen MR) is 108 cm³/mol. The van der Waals surface area contributed by atoms with Crippen LogP contribution in [-0.2, 0) is 16.1 Å². The largest absolute Gasteiger partial charge is 0.573 e. The van der Waals surface area contributed by atoms with Crippen LogP contribution in [0.15, 0.2) is 35.7 Å². The minimum atomic E-state index is -4.81. The van der Waals surface area contributed by atoms with Crippen molar-refractivity contribution in [3.63, 3.8) is 0 Å². The van der Waals surface area contributed by atoms with E-state index in [1.807, 2.05) is 19.2 Å². The van der Waals surface area contributed by atoms with Crippen LogP contribution in [0.5, 0.6) is 5.75 Å². The van der Waals surface area contributed by atoms with E-state index in [2.05, 4.69) is 19.9 Å². The summed E-state index contributed by atoms with van der Waals surface area (Å²) in [5, 5.41) is 4.93. The summed E-state index contributed by atoms with van der Waals surface area (Å²) in [5.74, 6) is -0.870. The summed E-state index contributed by atoms with van der Waals surface area (Å²) < 4.78 is 47.1. The van der Waals surface area contributed by atoms with Crippen molar-refractivity contribution >= 4 is 28.5 Å². The van der Waals surface area contributed by atoms with E-state index in [0.717, 1.165) is 24.9 Å². The number of alkyl halides is 3. The Morgan fingerprint density at radius 1 is 1.33 bits per heavy atom. The maximum atomic E-state index is 12.5. The smallest absolute Gasteiger partial charge is 0.405 e. The van der Waals surface area contributed by atoms with E-state index in [4.69, 9.17) is 4.74 Å². The molecular weight excluding hydrogens is 419 g/mol. The van der Waals surface area contributed by atoms with Crippen LogP contribution in [0, 0.1) is 0 Å². The van der Waals surface area contributed by atoms with Crippen LogP contribution in [0.1, 0.15) is 25.1 Å². The first-order valence-corrected chi connectivity index (χ1v) is 10.2. The van der Waals surface area contributed by atoms with Crippen LogP contribution in [0.4, 0.5) is 18.3 Å². The molecule has 30 heavy (non-hydrogen) atoms. The van der Waals surface area contributed by atoms with E-state index < -0.39 is 12.3 Å². The van der Waals surface area contributed by atoms with Crippen LogP contribution in [-0.4, -0.2) is 47.5 Å². The third kappa shape index (κ3) is 6.82. The van der Waals surface area contributed by atoms with Crippen LogP contribution in [0.3, 0.4) is 0 Å². The maximum absolute atomic E-state index is 12.5. The van der Waals surface area contributed by atoms with Gasteiger partial charge in [0.1, 0.15) is 5.75 Å². The summed E-state index contributed by atoms with van der Waals surface area (Å²) in [6.07, 6.45) is -2.09. The van der Waals surface area contributed by atoms with Gasteiger partial charge < -0.3 is 9.47 Å². The normalized spacial score (nSPS) is 20.4. The van der Waals surface area contributed by atoms with Crippen molar-refractivity contribution in [1.82, 2.24) is 9.88 Å². The Morgan fingerprint density at radius 2 is 2.03 bits per heavy atom.